The van der Waals surface area contributed by atoms with Crippen LogP contribution in [0, 0.1) is 0 Å². The zero-order valence-corrected chi connectivity index (χ0v) is 11.0. The van der Waals surface area contributed by atoms with Crippen LogP contribution in [0.3, 0.4) is 0 Å². The van der Waals surface area contributed by atoms with Crippen molar-refractivity contribution in [1.29, 1.82) is 0 Å². The van der Waals surface area contributed by atoms with E-state index in [2.05, 4.69) is 15.6 Å². The number of nitrogens with two attached hydrogens (primary N) is 2. The first-order chi connectivity index (χ1) is 8.67. The second-order valence-electron chi connectivity index (χ2n) is 4.36. The number of imide groups is 1. The topological polar surface area (TPSA) is 146 Å². The van der Waals surface area contributed by atoms with Crippen molar-refractivity contribution in [3.63, 3.8) is 0 Å². The summed E-state index contributed by atoms with van der Waals surface area (Å²) in [4.78, 5) is 42.0. The zero-order valence-electron chi connectivity index (χ0n) is 11.0. The first-order valence-electron chi connectivity index (χ1n) is 5.20. The minimum Gasteiger partial charge on any atom is -0.442 e. The number of hydrazine groups is 1. The van der Waals surface area contributed by atoms with Gasteiger partial charge in [0.15, 0.2) is 6.61 Å². The molecule has 0 unspecified atom stereocenters. The molecule has 10 heteroatoms. The Hall–Kier alpha value is -1.75. The molecular formula is C9H18N4O6. The summed E-state index contributed by atoms with van der Waals surface area (Å²) in [6.45, 7) is 3.77. The molecule has 0 aromatic heterocycles. The largest absolute Gasteiger partial charge is 0.442 e. The number of amides is 3. The predicted molar refractivity (Wildman–Crippen MR) is 61.5 cm³/mol. The molecule has 0 aliphatic rings. The molecule has 19 heavy (non-hydrogen) atoms. The highest BCUT2D eigenvalue weighted by atomic mass is 16.7. The van der Waals surface area contributed by atoms with Crippen molar-refractivity contribution in [3.05, 3.63) is 0 Å². The number of rotatable bonds is 5. The molecule has 0 saturated carbocycles. The standard InChI is InChI=1S/C9H18N4O6/c1-9(2,3)19-8(16)12-18-5-7(15)13(10)6(14)4-17-11/h4-5,10-11H2,1-3H3,(H,12,16). The predicted octanol–water partition coefficient (Wildman–Crippen LogP) is -1.44. The molecule has 0 fully saturated rings. The summed E-state index contributed by atoms with van der Waals surface area (Å²) in [5.41, 5.74) is 1.16. The highest BCUT2D eigenvalue weighted by Crippen LogP contribution is 2.06. The van der Waals surface area contributed by atoms with Gasteiger partial charge >= 0.3 is 6.09 Å². The number of nitrogens with one attached hydrogen (secondary N) is 1. The Kier molecular flexibility index (Phi) is 6.93. The van der Waals surface area contributed by atoms with Crippen LogP contribution < -0.4 is 17.2 Å². The van der Waals surface area contributed by atoms with Gasteiger partial charge in [0.25, 0.3) is 11.8 Å². The Morgan fingerprint density at radius 1 is 1.16 bits per heavy atom. The van der Waals surface area contributed by atoms with E-state index in [1.165, 1.54) is 0 Å². The second kappa shape index (κ2) is 7.63. The lowest BCUT2D eigenvalue weighted by Crippen LogP contribution is -2.47. The van der Waals surface area contributed by atoms with Crippen molar-refractivity contribution in [2.24, 2.45) is 11.7 Å². The molecule has 0 aromatic rings. The SMILES string of the molecule is CC(C)(C)OC(=O)NOCC(=O)N(N)C(=O)CON. The van der Waals surface area contributed by atoms with E-state index in [1.54, 1.807) is 20.8 Å². The van der Waals surface area contributed by atoms with E-state index in [0.717, 1.165) is 0 Å². The van der Waals surface area contributed by atoms with Crippen molar-refractivity contribution in [2.75, 3.05) is 13.2 Å². The van der Waals surface area contributed by atoms with Gasteiger partial charge in [-0.3, -0.25) is 19.3 Å². The lowest BCUT2D eigenvalue weighted by Gasteiger charge is -2.19. The first-order valence-corrected chi connectivity index (χ1v) is 5.20. The molecule has 0 aliphatic carbocycles. The molecule has 5 N–H and O–H groups in total. The van der Waals surface area contributed by atoms with Crippen LogP contribution in [0.15, 0.2) is 0 Å². The van der Waals surface area contributed by atoms with Crippen LogP contribution in [-0.2, 0) is 24.0 Å². The number of ether oxygens (including phenoxy) is 1. The van der Waals surface area contributed by atoms with Crippen LogP contribution in [0.1, 0.15) is 20.8 Å². The minimum absolute atomic E-state index is 0.267. The molecular weight excluding hydrogens is 260 g/mol. The normalized spacial score (nSPS) is 10.8. The number of carbonyl (C=O) groups excluding carboxylic acids is 3. The summed E-state index contributed by atoms with van der Waals surface area (Å²) < 4.78 is 4.83. The van der Waals surface area contributed by atoms with Crippen molar-refractivity contribution >= 4 is 17.9 Å². The van der Waals surface area contributed by atoms with Crippen LogP contribution in [0.4, 0.5) is 4.79 Å². The third kappa shape index (κ3) is 8.05. The lowest BCUT2D eigenvalue weighted by molar-refractivity contribution is -0.152. The van der Waals surface area contributed by atoms with Gasteiger partial charge < -0.3 is 4.74 Å². The van der Waals surface area contributed by atoms with E-state index >= 15 is 0 Å². The molecule has 0 aromatic carbocycles. The average molecular weight is 278 g/mol. The Bertz CT molecular complexity index is 340. The molecule has 0 atom stereocenters. The van der Waals surface area contributed by atoms with Crippen LogP contribution >= 0.6 is 0 Å². The van der Waals surface area contributed by atoms with E-state index in [9.17, 15) is 14.4 Å². The Balaban J connectivity index is 3.98. The molecule has 0 spiro atoms. The molecule has 3 amide bonds. The van der Waals surface area contributed by atoms with Crippen LogP contribution in [0.25, 0.3) is 0 Å². The number of hydrogen-bond donors (Lipinski definition) is 3. The molecule has 0 rings (SSSR count). The summed E-state index contributed by atoms with van der Waals surface area (Å²) in [6, 6.07) is 0. The zero-order chi connectivity index (χ0) is 15.1. The maximum Gasteiger partial charge on any atom is 0.431 e. The Morgan fingerprint density at radius 3 is 2.16 bits per heavy atom. The van der Waals surface area contributed by atoms with Gasteiger partial charge in [-0.25, -0.2) is 21.5 Å². The van der Waals surface area contributed by atoms with Gasteiger partial charge in [0.05, 0.1) is 0 Å². The van der Waals surface area contributed by atoms with Crippen molar-refractivity contribution < 1.29 is 28.8 Å². The number of hydroxylamine groups is 1. The molecule has 0 aliphatic heterocycles. The van der Waals surface area contributed by atoms with E-state index in [4.69, 9.17) is 10.6 Å². The highest BCUT2D eigenvalue weighted by molar-refractivity contribution is 5.95. The Labute approximate surface area is 109 Å². The molecule has 0 radical (unpaired) electrons. The fourth-order valence-electron chi connectivity index (χ4n) is 0.805. The number of hydrogen-bond acceptors (Lipinski definition) is 8. The van der Waals surface area contributed by atoms with E-state index < -0.39 is 36.7 Å². The molecule has 0 bridgehead atoms. The van der Waals surface area contributed by atoms with Gasteiger partial charge in [0.1, 0.15) is 12.2 Å². The molecule has 110 valence electrons. The van der Waals surface area contributed by atoms with Gasteiger partial charge in [-0.15, -0.1) is 0 Å². The number of nitrogens with zero attached hydrogens (tertiary/aromatic N) is 1. The third-order valence-electron chi connectivity index (χ3n) is 1.49. The monoisotopic (exact) mass is 278 g/mol. The van der Waals surface area contributed by atoms with Crippen molar-refractivity contribution in [1.82, 2.24) is 10.5 Å². The molecule has 0 saturated heterocycles. The summed E-state index contributed by atoms with van der Waals surface area (Å²) >= 11 is 0. The van der Waals surface area contributed by atoms with Crippen molar-refractivity contribution in [2.45, 2.75) is 26.4 Å². The fraction of sp³-hybridized carbons (Fsp3) is 0.667. The third-order valence-corrected chi connectivity index (χ3v) is 1.49. The van der Waals surface area contributed by atoms with Crippen LogP contribution in [0.5, 0.6) is 0 Å². The quantitative estimate of drug-likeness (QED) is 0.315. The summed E-state index contributed by atoms with van der Waals surface area (Å²) in [5, 5.41) is 0.267. The van der Waals surface area contributed by atoms with Gasteiger partial charge in [0, 0.05) is 0 Å². The van der Waals surface area contributed by atoms with E-state index in [-0.39, 0.29) is 5.01 Å². The average Bonchev–Trinajstić information content (AvgIpc) is 2.25. The summed E-state index contributed by atoms with van der Waals surface area (Å²) in [7, 11) is 0. The Morgan fingerprint density at radius 2 is 1.68 bits per heavy atom. The smallest absolute Gasteiger partial charge is 0.431 e. The maximum atomic E-state index is 11.3. The lowest BCUT2D eigenvalue weighted by atomic mass is 10.2. The van der Waals surface area contributed by atoms with E-state index in [0.29, 0.717) is 0 Å². The second-order valence-corrected chi connectivity index (χ2v) is 4.36. The summed E-state index contributed by atoms with van der Waals surface area (Å²) in [6.07, 6.45) is -0.875. The van der Waals surface area contributed by atoms with Gasteiger partial charge in [0.2, 0.25) is 0 Å². The van der Waals surface area contributed by atoms with Crippen molar-refractivity contribution in [3.8, 4) is 0 Å². The first kappa shape index (κ1) is 17.2. The van der Waals surface area contributed by atoms with Gasteiger partial charge in [-0.05, 0) is 20.8 Å². The maximum absolute atomic E-state index is 11.3. The fourth-order valence-corrected chi connectivity index (χ4v) is 0.805. The van der Waals surface area contributed by atoms with Gasteiger partial charge in [-0.1, -0.05) is 0 Å². The van der Waals surface area contributed by atoms with Crippen LogP contribution in [-0.4, -0.2) is 41.7 Å². The summed E-state index contributed by atoms with van der Waals surface area (Å²) in [5.74, 6) is 8.04. The van der Waals surface area contributed by atoms with Crippen LogP contribution in [0.2, 0.25) is 0 Å². The highest BCUT2D eigenvalue weighted by Gasteiger charge is 2.19. The minimum atomic E-state index is -0.891. The van der Waals surface area contributed by atoms with Gasteiger partial charge in [-0.2, -0.15) is 5.48 Å². The van der Waals surface area contributed by atoms with E-state index in [1.807, 2.05) is 5.48 Å². The molecule has 10 nitrogen and oxygen atoms in total. The number of carbonyl (C=O) groups is 3. The molecule has 0 heterocycles.